The van der Waals surface area contributed by atoms with E-state index in [-0.39, 0.29) is 18.3 Å². The van der Waals surface area contributed by atoms with Crippen LogP contribution < -0.4 is 25.6 Å². The Morgan fingerprint density at radius 3 is 2.33 bits per heavy atom. The summed E-state index contributed by atoms with van der Waals surface area (Å²) in [7, 11) is 0. The minimum atomic E-state index is -0.478. The van der Waals surface area contributed by atoms with Crippen LogP contribution in [0.4, 0.5) is 0 Å². The van der Waals surface area contributed by atoms with Crippen LogP contribution in [-0.4, -0.2) is 30.1 Å². The molecule has 154 valence electrons. The number of amides is 2. The number of halogens is 1. The first kappa shape index (κ1) is 21.4. The van der Waals surface area contributed by atoms with Crippen molar-refractivity contribution in [1.29, 1.82) is 0 Å². The lowest BCUT2D eigenvalue weighted by molar-refractivity contribution is -0.124. The maximum atomic E-state index is 12.0. The highest BCUT2D eigenvalue weighted by Crippen LogP contribution is 2.24. The summed E-state index contributed by atoms with van der Waals surface area (Å²) in [5.41, 5.74) is 4.76. The van der Waals surface area contributed by atoms with Crippen LogP contribution in [0.3, 0.4) is 0 Å². The predicted molar refractivity (Wildman–Crippen MR) is 118 cm³/mol. The lowest BCUT2D eigenvalue weighted by Gasteiger charge is -2.12. The van der Waals surface area contributed by atoms with E-state index < -0.39 is 11.8 Å². The van der Waals surface area contributed by atoms with Gasteiger partial charge in [0.25, 0.3) is 11.8 Å². The molecular weight excluding hydrogens is 426 g/mol. The minimum Gasteiger partial charge on any atom is -0.484 e. The zero-order chi connectivity index (χ0) is 21.3. The molecule has 0 spiro atoms. The fourth-order valence-electron chi connectivity index (χ4n) is 2.50. The monoisotopic (exact) mass is 443 g/mol. The van der Waals surface area contributed by atoms with Crippen molar-refractivity contribution in [3.8, 4) is 11.5 Å². The van der Waals surface area contributed by atoms with Crippen LogP contribution in [-0.2, 0) is 9.59 Å². The van der Waals surface area contributed by atoms with Crippen molar-refractivity contribution < 1.29 is 19.1 Å². The molecule has 9 heteroatoms. The summed E-state index contributed by atoms with van der Waals surface area (Å²) in [5, 5.41) is 4.83. The average molecular weight is 444 g/mol. The van der Waals surface area contributed by atoms with E-state index >= 15 is 0 Å². The Bertz CT molecular complexity index is 1050. The molecule has 3 aromatic carbocycles. The average Bonchev–Trinajstić information content (AvgIpc) is 2.76. The molecule has 0 aliphatic carbocycles. The molecule has 0 aromatic heterocycles. The molecule has 0 aliphatic rings. The zero-order valence-electron chi connectivity index (χ0n) is 15.7. The Morgan fingerprint density at radius 2 is 1.53 bits per heavy atom. The highest BCUT2D eigenvalue weighted by molar-refractivity contribution is 7.80. The zero-order valence-corrected chi connectivity index (χ0v) is 17.3. The van der Waals surface area contributed by atoms with Gasteiger partial charge in [0.05, 0.1) is 0 Å². The van der Waals surface area contributed by atoms with Crippen LogP contribution in [0.1, 0.15) is 0 Å². The SMILES string of the molecule is O=C(COc1ccc(Cl)cc1)NNC(=S)NC(=O)COc1cccc2ccccc12. The molecule has 0 unspecified atom stereocenters. The number of fused-ring (bicyclic) bond motifs is 1. The van der Waals surface area contributed by atoms with E-state index in [1.807, 2.05) is 36.4 Å². The molecule has 0 radical (unpaired) electrons. The van der Waals surface area contributed by atoms with E-state index in [9.17, 15) is 9.59 Å². The molecule has 0 atom stereocenters. The van der Waals surface area contributed by atoms with Crippen LogP contribution in [0, 0.1) is 0 Å². The van der Waals surface area contributed by atoms with Gasteiger partial charge in [0.1, 0.15) is 11.5 Å². The molecule has 0 saturated carbocycles. The largest absolute Gasteiger partial charge is 0.484 e. The van der Waals surface area contributed by atoms with Gasteiger partial charge in [0, 0.05) is 10.4 Å². The summed E-state index contributed by atoms with van der Waals surface area (Å²) in [6.45, 7) is -0.473. The molecule has 3 N–H and O–H groups in total. The molecule has 0 saturated heterocycles. The van der Waals surface area contributed by atoms with E-state index in [1.54, 1.807) is 30.3 Å². The lowest BCUT2D eigenvalue weighted by atomic mass is 10.1. The number of hydrogen-bond donors (Lipinski definition) is 3. The summed E-state index contributed by atoms with van der Waals surface area (Å²) in [4.78, 5) is 23.8. The summed E-state index contributed by atoms with van der Waals surface area (Å²) >= 11 is 10.8. The van der Waals surface area contributed by atoms with Crippen molar-refractivity contribution in [2.75, 3.05) is 13.2 Å². The van der Waals surface area contributed by atoms with Crippen LogP contribution in [0.5, 0.6) is 11.5 Å². The third-order valence-corrected chi connectivity index (χ3v) is 4.32. The number of hydrogen-bond acceptors (Lipinski definition) is 5. The molecule has 0 fully saturated rings. The van der Waals surface area contributed by atoms with Gasteiger partial charge < -0.3 is 9.47 Å². The smallest absolute Gasteiger partial charge is 0.276 e. The van der Waals surface area contributed by atoms with Gasteiger partial charge in [-0.25, -0.2) is 0 Å². The summed E-state index contributed by atoms with van der Waals surface area (Å²) < 4.78 is 10.9. The van der Waals surface area contributed by atoms with Crippen molar-refractivity contribution in [1.82, 2.24) is 16.2 Å². The molecule has 7 nitrogen and oxygen atoms in total. The fraction of sp³-hybridized carbons (Fsp3) is 0.0952. The maximum Gasteiger partial charge on any atom is 0.276 e. The van der Waals surface area contributed by atoms with E-state index in [2.05, 4.69) is 16.2 Å². The van der Waals surface area contributed by atoms with Gasteiger partial charge in [-0.15, -0.1) is 0 Å². The number of nitrogens with one attached hydrogen (secondary N) is 3. The first-order valence-corrected chi connectivity index (χ1v) is 9.67. The van der Waals surface area contributed by atoms with Gasteiger partial charge in [-0.1, -0.05) is 48.0 Å². The van der Waals surface area contributed by atoms with Crippen LogP contribution >= 0.6 is 23.8 Å². The van der Waals surface area contributed by atoms with Crippen molar-refractivity contribution in [3.63, 3.8) is 0 Å². The van der Waals surface area contributed by atoms with Crippen molar-refractivity contribution in [2.24, 2.45) is 0 Å². The van der Waals surface area contributed by atoms with Crippen LogP contribution in [0.15, 0.2) is 66.7 Å². The van der Waals surface area contributed by atoms with E-state index in [1.165, 1.54) is 0 Å². The molecule has 0 bridgehead atoms. The Kier molecular flexibility index (Phi) is 7.42. The van der Waals surface area contributed by atoms with Crippen LogP contribution in [0.25, 0.3) is 10.8 Å². The number of benzene rings is 3. The van der Waals surface area contributed by atoms with Crippen molar-refractivity contribution in [3.05, 3.63) is 71.8 Å². The number of carbonyl (C=O) groups excluding carboxylic acids is 2. The summed E-state index contributed by atoms with van der Waals surface area (Å²) in [5.74, 6) is 0.145. The molecule has 0 aliphatic heterocycles. The first-order chi connectivity index (χ1) is 14.5. The molecular formula is C21H18ClN3O4S. The van der Waals surface area contributed by atoms with Gasteiger partial charge >= 0.3 is 0 Å². The molecule has 30 heavy (non-hydrogen) atoms. The minimum absolute atomic E-state index is 0.0682. The molecule has 0 heterocycles. The third kappa shape index (κ3) is 6.33. The van der Waals surface area contributed by atoms with Gasteiger partial charge in [-0.2, -0.15) is 0 Å². The van der Waals surface area contributed by atoms with E-state index in [0.717, 1.165) is 10.8 Å². The van der Waals surface area contributed by atoms with E-state index in [4.69, 9.17) is 33.3 Å². The number of thiocarbonyl (C=S) groups is 1. The third-order valence-electron chi connectivity index (χ3n) is 3.86. The number of rotatable bonds is 6. The van der Waals surface area contributed by atoms with Crippen molar-refractivity contribution in [2.45, 2.75) is 0 Å². The van der Waals surface area contributed by atoms with Gasteiger partial charge in [0.2, 0.25) is 0 Å². The second-order valence-electron chi connectivity index (χ2n) is 6.06. The molecule has 3 aromatic rings. The maximum absolute atomic E-state index is 12.0. The second kappa shape index (κ2) is 10.4. The Labute approximate surface area is 183 Å². The van der Waals surface area contributed by atoms with Gasteiger partial charge in [0.15, 0.2) is 18.3 Å². The Balaban J connectivity index is 1.38. The quantitative estimate of drug-likeness (QED) is 0.401. The highest BCUT2D eigenvalue weighted by Gasteiger charge is 2.09. The van der Waals surface area contributed by atoms with Crippen molar-refractivity contribution >= 4 is 51.5 Å². The lowest BCUT2D eigenvalue weighted by Crippen LogP contribution is -2.50. The topological polar surface area (TPSA) is 88.7 Å². The number of hydrazine groups is 1. The number of ether oxygens (including phenoxy) is 2. The second-order valence-corrected chi connectivity index (χ2v) is 6.90. The predicted octanol–water partition coefficient (Wildman–Crippen LogP) is 2.97. The Morgan fingerprint density at radius 1 is 0.833 bits per heavy atom. The number of carbonyl (C=O) groups is 2. The molecule has 3 rings (SSSR count). The molecule has 2 amide bonds. The standard InChI is InChI=1S/C21H18ClN3O4S/c22-15-8-10-16(11-9-15)28-13-20(27)24-25-21(30)23-19(26)12-29-18-7-3-5-14-4-1-2-6-17(14)18/h1-11H,12-13H2,(H,24,27)(H2,23,25,26,30). The normalized spacial score (nSPS) is 10.2. The van der Waals surface area contributed by atoms with Gasteiger partial charge in [-0.3, -0.25) is 25.8 Å². The highest BCUT2D eigenvalue weighted by atomic mass is 35.5. The van der Waals surface area contributed by atoms with Crippen LogP contribution in [0.2, 0.25) is 5.02 Å². The summed E-state index contributed by atoms with van der Waals surface area (Å²) in [6.07, 6.45) is 0. The van der Waals surface area contributed by atoms with E-state index in [0.29, 0.717) is 16.5 Å². The Hall–Kier alpha value is -3.36. The van der Waals surface area contributed by atoms with Gasteiger partial charge in [-0.05, 0) is 47.9 Å². The first-order valence-electron chi connectivity index (χ1n) is 8.89. The fourth-order valence-corrected chi connectivity index (χ4v) is 2.79. The summed E-state index contributed by atoms with van der Waals surface area (Å²) in [6, 6.07) is 19.9.